The normalized spacial score (nSPS) is 13.2. The summed E-state index contributed by atoms with van der Waals surface area (Å²) in [6, 6.07) is 7.91. The molecule has 0 aliphatic heterocycles. The lowest BCUT2D eigenvalue weighted by Crippen LogP contribution is -2.17. The van der Waals surface area contributed by atoms with Crippen molar-refractivity contribution in [2.24, 2.45) is 5.92 Å². The van der Waals surface area contributed by atoms with E-state index in [1.807, 2.05) is 10.6 Å². The van der Waals surface area contributed by atoms with Gasteiger partial charge in [0.2, 0.25) is 5.95 Å². The third-order valence-electron chi connectivity index (χ3n) is 3.50. The van der Waals surface area contributed by atoms with Gasteiger partial charge in [-0.25, -0.2) is 4.98 Å². The third kappa shape index (κ3) is 2.52. The van der Waals surface area contributed by atoms with E-state index in [2.05, 4.69) is 36.3 Å². The molecule has 1 aromatic carbocycles. The predicted molar refractivity (Wildman–Crippen MR) is 91.5 cm³/mol. The van der Waals surface area contributed by atoms with Gasteiger partial charge in [0.1, 0.15) is 0 Å². The maximum absolute atomic E-state index is 6.17. The zero-order chi connectivity index (χ0) is 15.1. The van der Waals surface area contributed by atoms with Crippen molar-refractivity contribution in [1.82, 2.24) is 9.55 Å². The first-order valence-corrected chi connectivity index (χ1v) is 8.28. The van der Waals surface area contributed by atoms with Crippen molar-refractivity contribution < 1.29 is 0 Å². The first-order valence-electron chi connectivity index (χ1n) is 6.65. The Hall–Kier alpha value is -1.23. The van der Waals surface area contributed by atoms with Crippen LogP contribution in [0.1, 0.15) is 24.8 Å². The molecule has 0 spiro atoms. The van der Waals surface area contributed by atoms with Crippen LogP contribution >= 0.6 is 34.5 Å². The highest BCUT2D eigenvalue weighted by atomic mass is 35.5. The topological polar surface area (TPSA) is 43.8 Å². The van der Waals surface area contributed by atoms with Crippen LogP contribution in [-0.2, 0) is 0 Å². The van der Waals surface area contributed by atoms with E-state index in [4.69, 9.17) is 28.9 Å². The molecule has 110 valence electrons. The minimum atomic E-state index is 0.132. The highest BCUT2D eigenvalue weighted by molar-refractivity contribution is 7.10. The van der Waals surface area contributed by atoms with E-state index in [-0.39, 0.29) is 6.04 Å². The number of imidazole rings is 1. The molecule has 0 saturated heterocycles. The number of benzene rings is 1. The van der Waals surface area contributed by atoms with E-state index in [1.54, 1.807) is 17.4 Å². The van der Waals surface area contributed by atoms with E-state index in [1.165, 1.54) is 4.88 Å². The summed E-state index contributed by atoms with van der Waals surface area (Å²) in [7, 11) is 0. The Kier molecular flexibility index (Phi) is 3.86. The SMILES string of the molecule is CC(C)C(c1cccs1)n1c(N)nc2cc(Cl)c(Cl)cc21. The molecule has 2 heterocycles. The molecule has 6 heteroatoms. The molecular formula is C15H15Cl2N3S. The zero-order valence-electron chi connectivity index (χ0n) is 11.7. The number of halogens is 2. The maximum atomic E-state index is 6.17. The van der Waals surface area contributed by atoms with Crippen molar-refractivity contribution in [3.8, 4) is 0 Å². The molecule has 0 aliphatic carbocycles. The van der Waals surface area contributed by atoms with Crippen molar-refractivity contribution in [2.45, 2.75) is 19.9 Å². The number of nitrogens with zero attached hydrogens (tertiary/aromatic N) is 2. The molecule has 2 aromatic heterocycles. The number of anilines is 1. The first-order chi connectivity index (χ1) is 9.99. The van der Waals surface area contributed by atoms with Gasteiger partial charge >= 0.3 is 0 Å². The summed E-state index contributed by atoms with van der Waals surface area (Å²) in [5.74, 6) is 0.855. The monoisotopic (exact) mass is 339 g/mol. The molecule has 3 rings (SSSR count). The Bertz CT molecular complexity index is 778. The molecule has 3 nitrogen and oxygen atoms in total. The minimum absolute atomic E-state index is 0.132. The van der Waals surface area contributed by atoms with E-state index in [9.17, 15) is 0 Å². The van der Waals surface area contributed by atoms with Crippen molar-refractivity contribution in [3.05, 3.63) is 44.6 Å². The molecule has 0 saturated carbocycles. The van der Waals surface area contributed by atoms with E-state index >= 15 is 0 Å². The second-order valence-corrected chi connectivity index (χ2v) is 7.09. The first kappa shape index (κ1) is 14.7. The second kappa shape index (κ2) is 5.52. The van der Waals surface area contributed by atoms with Crippen LogP contribution in [0.15, 0.2) is 29.6 Å². The smallest absolute Gasteiger partial charge is 0.201 e. The molecule has 0 bridgehead atoms. The molecule has 0 aliphatic rings. The average molecular weight is 340 g/mol. The summed E-state index contributed by atoms with van der Waals surface area (Å²) in [6.45, 7) is 4.35. The summed E-state index contributed by atoms with van der Waals surface area (Å²) < 4.78 is 2.05. The summed E-state index contributed by atoms with van der Waals surface area (Å²) >= 11 is 14.0. The highest BCUT2D eigenvalue weighted by Gasteiger charge is 2.24. The number of nitrogen functional groups attached to an aromatic ring is 1. The van der Waals surface area contributed by atoms with Crippen molar-refractivity contribution in [2.75, 3.05) is 5.73 Å². The quantitative estimate of drug-likeness (QED) is 0.709. The summed E-state index contributed by atoms with van der Waals surface area (Å²) in [6.07, 6.45) is 0. The molecule has 0 amide bonds. The van der Waals surface area contributed by atoms with Crippen LogP contribution in [0, 0.1) is 5.92 Å². The van der Waals surface area contributed by atoms with Crippen LogP contribution in [-0.4, -0.2) is 9.55 Å². The lowest BCUT2D eigenvalue weighted by Gasteiger charge is -2.23. The molecule has 1 unspecified atom stereocenters. The number of aromatic nitrogens is 2. The van der Waals surface area contributed by atoms with Gasteiger partial charge in [0.25, 0.3) is 0 Å². The Labute approximate surface area is 137 Å². The van der Waals surface area contributed by atoms with E-state index in [0.717, 1.165) is 11.0 Å². The Morgan fingerprint density at radius 1 is 1.24 bits per heavy atom. The van der Waals surface area contributed by atoms with Crippen LogP contribution in [0.2, 0.25) is 10.0 Å². The van der Waals surface area contributed by atoms with Gasteiger partial charge in [-0.05, 0) is 29.5 Å². The fourth-order valence-electron chi connectivity index (χ4n) is 2.61. The molecule has 2 N–H and O–H groups in total. The van der Waals surface area contributed by atoms with Gasteiger partial charge in [-0.15, -0.1) is 11.3 Å². The second-order valence-electron chi connectivity index (χ2n) is 5.30. The van der Waals surface area contributed by atoms with Crippen LogP contribution in [0.3, 0.4) is 0 Å². The van der Waals surface area contributed by atoms with Crippen LogP contribution in [0.25, 0.3) is 11.0 Å². The van der Waals surface area contributed by atoms with Crippen LogP contribution in [0.5, 0.6) is 0 Å². The Balaban J connectivity index is 2.27. The number of hydrogen-bond acceptors (Lipinski definition) is 3. The van der Waals surface area contributed by atoms with Crippen molar-refractivity contribution in [3.63, 3.8) is 0 Å². The number of fused-ring (bicyclic) bond motifs is 1. The van der Waals surface area contributed by atoms with Gasteiger partial charge < -0.3 is 10.3 Å². The lowest BCUT2D eigenvalue weighted by molar-refractivity contribution is 0.457. The highest BCUT2D eigenvalue weighted by Crippen LogP contribution is 2.37. The largest absolute Gasteiger partial charge is 0.369 e. The fraction of sp³-hybridized carbons (Fsp3) is 0.267. The minimum Gasteiger partial charge on any atom is -0.369 e. The van der Waals surface area contributed by atoms with Gasteiger partial charge in [0.05, 0.1) is 27.1 Å². The molecular weight excluding hydrogens is 325 g/mol. The lowest BCUT2D eigenvalue weighted by atomic mass is 10.0. The van der Waals surface area contributed by atoms with Crippen molar-refractivity contribution in [1.29, 1.82) is 0 Å². The van der Waals surface area contributed by atoms with Crippen LogP contribution < -0.4 is 5.73 Å². The number of hydrogen-bond donors (Lipinski definition) is 1. The van der Waals surface area contributed by atoms with Gasteiger partial charge in [-0.2, -0.15) is 0 Å². The van der Waals surface area contributed by atoms with Crippen molar-refractivity contribution >= 4 is 51.5 Å². The standard InChI is InChI=1S/C15H15Cl2N3S/c1-8(2)14(13-4-3-5-21-13)20-12-7-10(17)9(16)6-11(12)19-15(20)18/h3-8,14H,1-2H3,(H2,18,19). The Morgan fingerprint density at radius 3 is 2.57 bits per heavy atom. The summed E-state index contributed by atoms with van der Waals surface area (Å²) in [4.78, 5) is 5.68. The fourth-order valence-corrected chi connectivity index (χ4v) is 3.92. The van der Waals surface area contributed by atoms with Crippen LogP contribution in [0.4, 0.5) is 5.95 Å². The number of rotatable bonds is 3. The Morgan fingerprint density at radius 2 is 1.95 bits per heavy atom. The molecule has 21 heavy (non-hydrogen) atoms. The molecule has 1 atom stereocenters. The average Bonchev–Trinajstić information content (AvgIpc) is 3.01. The zero-order valence-corrected chi connectivity index (χ0v) is 14.0. The van der Waals surface area contributed by atoms with E-state index < -0.39 is 0 Å². The predicted octanol–water partition coefficient (Wildman–Crippen LogP) is 5.23. The van der Waals surface area contributed by atoms with Gasteiger partial charge in [-0.3, -0.25) is 0 Å². The van der Waals surface area contributed by atoms with E-state index in [0.29, 0.717) is 21.9 Å². The van der Waals surface area contributed by atoms with Gasteiger partial charge in [-0.1, -0.05) is 43.1 Å². The maximum Gasteiger partial charge on any atom is 0.201 e. The molecule has 3 aromatic rings. The van der Waals surface area contributed by atoms with Gasteiger partial charge in [0, 0.05) is 4.88 Å². The molecule has 0 radical (unpaired) electrons. The molecule has 0 fully saturated rings. The number of nitrogens with two attached hydrogens (primary N) is 1. The third-order valence-corrected chi connectivity index (χ3v) is 5.17. The number of thiophene rings is 1. The summed E-state index contributed by atoms with van der Waals surface area (Å²) in [5, 5.41) is 3.08. The van der Waals surface area contributed by atoms with Gasteiger partial charge in [0.15, 0.2) is 0 Å². The summed E-state index contributed by atoms with van der Waals surface area (Å²) in [5.41, 5.74) is 7.85.